The third-order valence-electron chi connectivity index (χ3n) is 4.42. The number of ether oxygens (including phenoxy) is 2. The second-order valence-electron chi connectivity index (χ2n) is 6.05. The Hall–Kier alpha value is -3.18. The minimum absolute atomic E-state index is 0.213. The van der Waals surface area contributed by atoms with Gasteiger partial charge >= 0.3 is 5.63 Å². The summed E-state index contributed by atoms with van der Waals surface area (Å²) in [6, 6.07) is 16.3. The molecule has 0 saturated heterocycles. The first-order valence-corrected chi connectivity index (χ1v) is 8.15. The summed E-state index contributed by atoms with van der Waals surface area (Å²) in [5, 5.41) is 0.645. The largest absolute Gasteiger partial charge is 0.452 e. The Labute approximate surface area is 149 Å². The van der Waals surface area contributed by atoms with Crippen LogP contribution in [0.5, 0.6) is 5.75 Å². The van der Waals surface area contributed by atoms with E-state index >= 15 is 0 Å². The Morgan fingerprint density at radius 1 is 1.08 bits per heavy atom. The monoisotopic (exact) mass is 348 g/mol. The summed E-state index contributed by atoms with van der Waals surface area (Å²) in [6.45, 7) is 1.42. The third kappa shape index (κ3) is 2.29. The van der Waals surface area contributed by atoms with Gasteiger partial charge in [0, 0.05) is 12.7 Å². The van der Waals surface area contributed by atoms with Gasteiger partial charge in [0.1, 0.15) is 16.9 Å². The van der Waals surface area contributed by atoms with E-state index in [0.717, 1.165) is 0 Å². The standard InChI is InChI=1S/C21H16O5/c1-13(22)12-16-18-19(15-10-6-7-11-17(15)25-20(18)23)26-21(16,24-2)14-8-4-3-5-9-14/h3-12H,1-2H3/b16-12+. The molecular formula is C21H16O5. The van der Waals surface area contributed by atoms with Crippen LogP contribution in [0.15, 0.2) is 69.9 Å². The van der Waals surface area contributed by atoms with E-state index in [4.69, 9.17) is 13.9 Å². The summed E-state index contributed by atoms with van der Waals surface area (Å²) in [4.78, 5) is 24.6. The molecule has 2 heterocycles. The van der Waals surface area contributed by atoms with Crippen LogP contribution in [-0.4, -0.2) is 12.9 Å². The average Bonchev–Trinajstić information content (AvgIpc) is 2.98. The molecule has 0 aliphatic carbocycles. The van der Waals surface area contributed by atoms with Crippen LogP contribution in [0.2, 0.25) is 0 Å². The highest BCUT2D eigenvalue weighted by molar-refractivity contribution is 6.01. The first kappa shape index (κ1) is 16.3. The van der Waals surface area contributed by atoms with Crippen molar-refractivity contribution in [3.8, 4) is 5.75 Å². The van der Waals surface area contributed by atoms with Crippen molar-refractivity contribution >= 4 is 22.3 Å². The summed E-state index contributed by atoms with van der Waals surface area (Å²) >= 11 is 0. The van der Waals surface area contributed by atoms with Crippen LogP contribution in [0.3, 0.4) is 0 Å². The minimum atomic E-state index is -1.39. The normalized spacial score (nSPS) is 20.2. The smallest absolute Gasteiger partial charge is 0.347 e. The van der Waals surface area contributed by atoms with Crippen LogP contribution in [0.1, 0.15) is 18.1 Å². The van der Waals surface area contributed by atoms with Gasteiger partial charge in [0.25, 0.3) is 5.79 Å². The number of methoxy groups -OCH3 is 1. The van der Waals surface area contributed by atoms with E-state index in [1.165, 1.54) is 20.1 Å². The van der Waals surface area contributed by atoms with Gasteiger partial charge in [-0.3, -0.25) is 4.79 Å². The Balaban J connectivity index is 2.10. The van der Waals surface area contributed by atoms with Gasteiger partial charge in [-0.1, -0.05) is 42.5 Å². The van der Waals surface area contributed by atoms with Crippen molar-refractivity contribution in [1.29, 1.82) is 0 Å². The molecule has 1 aliphatic heterocycles. The van der Waals surface area contributed by atoms with Crippen LogP contribution < -0.4 is 10.4 Å². The SMILES string of the molecule is COC1(c2ccccc2)Oc2c(c(=O)oc3ccccc23)/C1=C\C(C)=O. The molecule has 1 aliphatic rings. The molecule has 2 aromatic carbocycles. The summed E-state index contributed by atoms with van der Waals surface area (Å²) in [5.74, 6) is -1.26. The predicted octanol–water partition coefficient (Wildman–Crippen LogP) is 3.66. The van der Waals surface area contributed by atoms with Crippen LogP contribution in [0, 0.1) is 0 Å². The maximum absolute atomic E-state index is 12.7. The van der Waals surface area contributed by atoms with Gasteiger partial charge in [0.05, 0.1) is 11.0 Å². The lowest BCUT2D eigenvalue weighted by atomic mass is 9.93. The molecule has 1 aromatic heterocycles. The van der Waals surface area contributed by atoms with Gasteiger partial charge in [-0.05, 0) is 25.1 Å². The van der Waals surface area contributed by atoms with Crippen molar-refractivity contribution < 1.29 is 18.7 Å². The molecule has 0 fully saturated rings. The lowest BCUT2D eigenvalue weighted by molar-refractivity contribution is -0.117. The molecule has 5 nitrogen and oxygen atoms in total. The van der Waals surface area contributed by atoms with Gasteiger partial charge in [0.2, 0.25) is 0 Å². The summed E-state index contributed by atoms with van der Waals surface area (Å²) in [7, 11) is 1.48. The second kappa shape index (κ2) is 5.97. The van der Waals surface area contributed by atoms with Gasteiger partial charge < -0.3 is 13.9 Å². The first-order valence-electron chi connectivity index (χ1n) is 8.15. The minimum Gasteiger partial charge on any atom is -0.452 e. The van der Waals surface area contributed by atoms with E-state index in [9.17, 15) is 9.59 Å². The summed E-state index contributed by atoms with van der Waals surface area (Å²) in [6.07, 6.45) is 1.37. The van der Waals surface area contributed by atoms with Crippen LogP contribution >= 0.6 is 0 Å². The highest BCUT2D eigenvalue weighted by atomic mass is 16.7. The Morgan fingerprint density at radius 2 is 1.77 bits per heavy atom. The van der Waals surface area contributed by atoms with E-state index in [1.54, 1.807) is 18.2 Å². The molecule has 26 heavy (non-hydrogen) atoms. The molecule has 0 spiro atoms. The van der Waals surface area contributed by atoms with Crippen LogP contribution in [-0.2, 0) is 15.3 Å². The molecule has 4 rings (SSSR count). The number of hydrogen-bond donors (Lipinski definition) is 0. The highest BCUT2D eigenvalue weighted by Crippen LogP contribution is 2.51. The van der Waals surface area contributed by atoms with Gasteiger partial charge in [-0.15, -0.1) is 0 Å². The van der Waals surface area contributed by atoms with Gasteiger partial charge in [-0.2, -0.15) is 0 Å². The average molecular weight is 348 g/mol. The van der Waals surface area contributed by atoms with Crippen LogP contribution in [0.25, 0.3) is 16.5 Å². The van der Waals surface area contributed by atoms with Crippen LogP contribution in [0.4, 0.5) is 0 Å². The molecule has 1 unspecified atom stereocenters. The summed E-state index contributed by atoms with van der Waals surface area (Å²) < 4.78 is 17.4. The molecule has 5 heteroatoms. The van der Waals surface area contributed by atoms with Crippen molar-refractivity contribution in [2.45, 2.75) is 12.7 Å². The van der Waals surface area contributed by atoms with E-state index in [2.05, 4.69) is 0 Å². The third-order valence-corrected chi connectivity index (χ3v) is 4.42. The number of ketones is 1. The van der Waals surface area contributed by atoms with Crippen molar-refractivity contribution in [3.63, 3.8) is 0 Å². The van der Waals surface area contributed by atoms with E-state index < -0.39 is 11.4 Å². The maximum atomic E-state index is 12.7. The van der Waals surface area contributed by atoms with E-state index in [0.29, 0.717) is 27.9 Å². The number of fused-ring (bicyclic) bond motifs is 3. The quantitative estimate of drug-likeness (QED) is 0.534. The van der Waals surface area contributed by atoms with Crippen molar-refractivity contribution in [2.75, 3.05) is 7.11 Å². The Kier molecular flexibility index (Phi) is 3.74. The predicted molar refractivity (Wildman–Crippen MR) is 96.9 cm³/mol. The van der Waals surface area contributed by atoms with Crippen molar-refractivity contribution in [1.82, 2.24) is 0 Å². The molecule has 0 bridgehead atoms. The van der Waals surface area contributed by atoms with Gasteiger partial charge in [-0.25, -0.2) is 4.79 Å². The highest BCUT2D eigenvalue weighted by Gasteiger charge is 2.49. The molecule has 0 radical (unpaired) electrons. The number of para-hydroxylation sites is 1. The fourth-order valence-electron chi connectivity index (χ4n) is 3.33. The zero-order valence-electron chi connectivity index (χ0n) is 14.3. The molecule has 130 valence electrons. The number of benzene rings is 2. The zero-order valence-corrected chi connectivity index (χ0v) is 14.3. The molecule has 3 aromatic rings. The van der Waals surface area contributed by atoms with E-state index in [-0.39, 0.29) is 11.3 Å². The topological polar surface area (TPSA) is 65.7 Å². The Bertz CT molecular complexity index is 1090. The summed E-state index contributed by atoms with van der Waals surface area (Å²) in [5.41, 5.74) is 1.08. The second-order valence-corrected chi connectivity index (χ2v) is 6.05. The molecule has 0 N–H and O–H groups in total. The fourth-order valence-corrected chi connectivity index (χ4v) is 3.33. The van der Waals surface area contributed by atoms with E-state index in [1.807, 2.05) is 36.4 Å². The van der Waals surface area contributed by atoms with Crippen molar-refractivity contribution in [3.05, 3.63) is 82.2 Å². The maximum Gasteiger partial charge on any atom is 0.347 e. The van der Waals surface area contributed by atoms with Gasteiger partial charge in [0.15, 0.2) is 5.78 Å². The number of rotatable bonds is 3. The number of hydrogen-bond acceptors (Lipinski definition) is 5. The molecule has 0 saturated carbocycles. The lowest BCUT2D eigenvalue weighted by Crippen LogP contribution is -2.33. The first-order chi connectivity index (χ1) is 12.6. The number of carbonyl (C=O) groups excluding carboxylic acids is 1. The fraction of sp³-hybridized carbons (Fsp3) is 0.143. The molecule has 0 amide bonds. The van der Waals surface area contributed by atoms with Crippen molar-refractivity contribution in [2.24, 2.45) is 0 Å². The zero-order chi connectivity index (χ0) is 18.3. The lowest BCUT2D eigenvalue weighted by Gasteiger charge is -2.29. The Morgan fingerprint density at radius 3 is 2.46 bits per heavy atom. The number of carbonyl (C=O) groups is 1. The molecular weight excluding hydrogens is 332 g/mol. The number of allylic oxidation sites excluding steroid dienone is 1. The molecule has 1 atom stereocenters.